The number of aromatic nitrogens is 1. The van der Waals surface area contributed by atoms with Gasteiger partial charge in [-0.2, -0.15) is 0 Å². The molecule has 0 spiro atoms. The van der Waals surface area contributed by atoms with E-state index < -0.39 is 0 Å². The number of pyridine rings is 1. The highest BCUT2D eigenvalue weighted by atomic mass is 79.9. The molecule has 0 saturated carbocycles. The first-order chi connectivity index (χ1) is 8.67. The molecule has 0 aliphatic carbocycles. The van der Waals surface area contributed by atoms with E-state index in [9.17, 15) is 5.11 Å². The van der Waals surface area contributed by atoms with Crippen LogP contribution in [0.15, 0.2) is 35.1 Å². The van der Waals surface area contributed by atoms with E-state index in [1.807, 2.05) is 12.1 Å². The average molecular weight is 310 g/mol. The Morgan fingerprint density at radius 1 is 1.17 bits per heavy atom. The second kappa shape index (κ2) is 5.27. The fraction of sp³-hybridized carbons (Fsp3) is 0.154. The first-order valence-electron chi connectivity index (χ1n) is 5.22. The van der Waals surface area contributed by atoms with Crippen molar-refractivity contribution in [2.24, 2.45) is 0 Å². The Labute approximate surface area is 113 Å². The third-order valence-electron chi connectivity index (χ3n) is 2.52. The predicted molar refractivity (Wildman–Crippen MR) is 72.1 cm³/mol. The summed E-state index contributed by atoms with van der Waals surface area (Å²) in [6, 6.07) is 5.31. The Morgan fingerprint density at radius 2 is 1.94 bits per heavy atom. The summed E-state index contributed by atoms with van der Waals surface area (Å²) in [5.41, 5.74) is 1.60. The highest BCUT2D eigenvalue weighted by molar-refractivity contribution is 9.10. The van der Waals surface area contributed by atoms with Crippen molar-refractivity contribution in [3.63, 3.8) is 0 Å². The van der Waals surface area contributed by atoms with Gasteiger partial charge in [0, 0.05) is 17.3 Å². The van der Waals surface area contributed by atoms with Gasteiger partial charge >= 0.3 is 0 Å². The number of halogens is 1. The molecule has 1 N–H and O–H groups in total. The zero-order valence-electron chi connectivity index (χ0n) is 9.98. The van der Waals surface area contributed by atoms with Crippen LogP contribution in [0.1, 0.15) is 0 Å². The lowest BCUT2D eigenvalue weighted by atomic mass is 10.1. The van der Waals surface area contributed by atoms with Crippen LogP contribution in [0.2, 0.25) is 0 Å². The second-order valence-corrected chi connectivity index (χ2v) is 4.39. The SMILES string of the molecule is COc1ccc(-c2cncc(O)c2)c(OC)c1Br. The van der Waals surface area contributed by atoms with Crippen LogP contribution in [0.3, 0.4) is 0 Å². The molecule has 0 bridgehead atoms. The first-order valence-corrected chi connectivity index (χ1v) is 6.01. The molecular weight excluding hydrogens is 298 g/mol. The minimum absolute atomic E-state index is 0.112. The molecular formula is C13H12BrNO3. The molecule has 1 aromatic heterocycles. The number of aromatic hydroxyl groups is 1. The first kappa shape index (κ1) is 12.7. The maximum atomic E-state index is 9.47. The standard InChI is InChI=1S/C13H12BrNO3/c1-17-11-4-3-10(13(18-2)12(11)14)8-5-9(16)7-15-6-8/h3-7,16H,1-2H3. The maximum Gasteiger partial charge on any atom is 0.144 e. The normalized spacial score (nSPS) is 10.2. The van der Waals surface area contributed by atoms with Gasteiger partial charge in [0.05, 0.1) is 20.4 Å². The van der Waals surface area contributed by atoms with E-state index in [0.29, 0.717) is 11.5 Å². The minimum Gasteiger partial charge on any atom is -0.506 e. The number of ether oxygens (including phenoxy) is 2. The van der Waals surface area contributed by atoms with Crippen LogP contribution < -0.4 is 9.47 Å². The Kier molecular flexibility index (Phi) is 3.72. The Bertz CT molecular complexity index is 572. The molecule has 0 radical (unpaired) electrons. The number of methoxy groups -OCH3 is 2. The van der Waals surface area contributed by atoms with Crippen molar-refractivity contribution in [3.05, 3.63) is 35.1 Å². The molecule has 1 aromatic carbocycles. The van der Waals surface area contributed by atoms with Gasteiger partial charge in [-0.25, -0.2) is 0 Å². The van der Waals surface area contributed by atoms with Crippen LogP contribution in [-0.2, 0) is 0 Å². The molecule has 0 atom stereocenters. The lowest BCUT2D eigenvalue weighted by molar-refractivity contribution is 0.390. The quantitative estimate of drug-likeness (QED) is 0.945. The van der Waals surface area contributed by atoms with Crippen LogP contribution in [0, 0.1) is 0 Å². The largest absolute Gasteiger partial charge is 0.506 e. The maximum absolute atomic E-state index is 9.47. The van der Waals surface area contributed by atoms with E-state index in [-0.39, 0.29) is 5.75 Å². The summed E-state index contributed by atoms with van der Waals surface area (Å²) in [6.45, 7) is 0. The topological polar surface area (TPSA) is 51.6 Å². The summed E-state index contributed by atoms with van der Waals surface area (Å²) in [5.74, 6) is 1.44. The zero-order chi connectivity index (χ0) is 13.1. The van der Waals surface area contributed by atoms with E-state index in [4.69, 9.17) is 9.47 Å². The lowest BCUT2D eigenvalue weighted by Gasteiger charge is -2.13. The number of hydrogen-bond donors (Lipinski definition) is 1. The minimum atomic E-state index is 0.112. The van der Waals surface area contributed by atoms with Gasteiger partial charge < -0.3 is 14.6 Å². The third-order valence-corrected chi connectivity index (χ3v) is 3.27. The predicted octanol–water partition coefficient (Wildman–Crippen LogP) is 3.23. The molecule has 2 rings (SSSR count). The monoisotopic (exact) mass is 309 g/mol. The summed E-state index contributed by atoms with van der Waals surface area (Å²) in [6.07, 6.45) is 3.05. The molecule has 4 nitrogen and oxygen atoms in total. The van der Waals surface area contributed by atoms with Crippen molar-refractivity contribution < 1.29 is 14.6 Å². The van der Waals surface area contributed by atoms with E-state index in [2.05, 4.69) is 20.9 Å². The van der Waals surface area contributed by atoms with Crippen molar-refractivity contribution in [3.8, 4) is 28.4 Å². The van der Waals surface area contributed by atoms with Crippen LogP contribution in [-0.4, -0.2) is 24.3 Å². The van der Waals surface area contributed by atoms with E-state index in [1.165, 1.54) is 6.20 Å². The van der Waals surface area contributed by atoms with E-state index >= 15 is 0 Å². The smallest absolute Gasteiger partial charge is 0.144 e. The summed E-state index contributed by atoms with van der Waals surface area (Å²) in [4.78, 5) is 3.96. The van der Waals surface area contributed by atoms with Crippen LogP contribution in [0.4, 0.5) is 0 Å². The molecule has 0 saturated heterocycles. The summed E-state index contributed by atoms with van der Waals surface area (Å²) in [7, 11) is 3.17. The molecule has 0 amide bonds. The highest BCUT2D eigenvalue weighted by Crippen LogP contribution is 2.42. The number of hydrogen-bond acceptors (Lipinski definition) is 4. The molecule has 0 aliphatic heterocycles. The Morgan fingerprint density at radius 3 is 2.56 bits per heavy atom. The van der Waals surface area contributed by atoms with Gasteiger partial charge in [-0.3, -0.25) is 4.98 Å². The van der Waals surface area contributed by atoms with Gasteiger partial charge in [0.2, 0.25) is 0 Å². The number of benzene rings is 1. The van der Waals surface area contributed by atoms with Gasteiger partial charge in [0.15, 0.2) is 0 Å². The van der Waals surface area contributed by atoms with Gasteiger partial charge in [-0.1, -0.05) is 0 Å². The second-order valence-electron chi connectivity index (χ2n) is 3.59. The van der Waals surface area contributed by atoms with Gasteiger partial charge in [0.1, 0.15) is 21.7 Å². The molecule has 0 unspecified atom stereocenters. The Hall–Kier alpha value is -1.75. The van der Waals surface area contributed by atoms with Crippen LogP contribution in [0.5, 0.6) is 17.2 Å². The Balaban J connectivity index is 2.61. The molecule has 1 heterocycles. The van der Waals surface area contributed by atoms with Gasteiger partial charge in [-0.15, -0.1) is 0 Å². The van der Waals surface area contributed by atoms with Crippen LogP contribution >= 0.6 is 15.9 Å². The fourth-order valence-corrected chi connectivity index (χ4v) is 2.37. The number of rotatable bonds is 3. The summed E-state index contributed by atoms with van der Waals surface area (Å²) in [5, 5.41) is 9.47. The van der Waals surface area contributed by atoms with Crippen molar-refractivity contribution in [2.75, 3.05) is 14.2 Å². The molecule has 0 fully saturated rings. The van der Waals surface area contributed by atoms with E-state index in [1.54, 1.807) is 26.5 Å². The van der Waals surface area contributed by atoms with E-state index in [0.717, 1.165) is 15.6 Å². The zero-order valence-corrected chi connectivity index (χ0v) is 11.6. The molecule has 18 heavy (non-hydrogen) atoms. The molecule has 2 aromatic rings. The van der Waals surface area contributed by atoms with Crippen molar-refractivity contribution in [2.45, 2.75) is 0 Å². The summed E-state index contributed by atoms with van der Waals surface area (Å²) >= 11 is 3.44. The average Bonchev–Trinajstić information content (AvgIpc) is 2.38. The highest BCUT2D eigenvalue weighted by Gasteiger charge is 2.14. The molecule has 0 aliphatic rings. The third kappa shape index (κ3) is 2.26. The molecule has 94 valence electrons. The van der Waals surface area contributed by atoms with Gasteiger partial charge in [0.25, 0.3) is 0 Å². The van der Waals surface area contributed by atoms with Crippen molar-refractivity contribution in [1.82, 2.24) is 4.98 Å². The fourth-order valence-electron chi connectivity index (χ4n) is 1.70. The summed E-state index contributed by atoms with van der Waals surface area (Å²) < 4.78 is 11.3. The van der Waals surface area contributed by atoms with Gasteiger partial charge in [-0.05, 0) is 34.1 Å². The lowest BCUT2D eigenvalue weighted by Crippen LogP contribution is -1.93. The van der Waals surface area contributed by atoms with Crippen LogP contribution in [0.25, 0.3) is 11.1 Å². The number of nitrogens with zero attached hydrogens (tertiary/aromatic N) is 1. The van der Waals surface area contributed by atoms with Crippen molar-refractivity contribution >= 4 is 15.9 Å². The molecule has 5 heteroatoms. The van der Waals surface area contributed by atoms with Crippen molar-refractivity contribution in [1.29, 1.82) is 0 Å².